The maximum absolute atomic E-state index is 13.6. The first-order valence-electron chi connectivity index (χ1n) is 12.4. The molecule has 12 N–H and O–H groups in total. The zero-order chi connectivity index (χ0) is 29.1. The number of benzene rings is 1. The van der Waals surface area contributed by atoms with Gasteiger partial charge in [0.15, 0.2) is 5.96 Å². The van der Waals surface area contributed by atoms with E-state index in [1.165, 1.54) is 17.0 Å². The van der Waals surface area contributed by atoms with Crippen LogP contribution in [0.2, 0.25) is 0 Å². The number of carboxylic acid groups (broad SMARTS) is 1. The molecule has 214 valence electrons. The number of carbonyl (C=O) groups is 5. The van der Waals surface area contributed by atoms with E-state index in [0.29, 0.717) is 18.4 Å². The molecule has 0 spiro atoms. The van der Waals surface area contributed by atoms with Crippen molar-refractivity contribution in [2.45, 2.75) is 62.7 Å². The van der Waals surface area contributed by atoms with Crippen LogP contribution < -0.4 is 33.6 Å². The number of phenols is 1. The highest BCUT2D eigenvalue weighted by Crippen LogP contribution is 2.21. The van der Waals surface area contributed by atoms with E-state index in [2.05, 4.69) is 15.6 Å². The number of guanidine groups is 1. The molecule has 1 saturated heterocycles. The fourth-order valence-corrected chi connectivity index (χ4v) is 4.17. The van der Waals surface area contributed by atoms with Crippen molar-refractivity contribution in [2.24, 2.45) is 27.9 Å². The van der Waals surface area contributed by atoms with E-state index in [0.717, 1.165) is 0 Å². The number of nitrogens with zero attached hydrogens (tertiary/aromatic N) is 2. The summed E-state index contributed by atoms with van der Waals surface area (Å²) in [5.74, 6) is -4.32. The van der Waals surface area contributed by atoms with Gasteiger partial charge in [0.25, 0.3) is 0 Å². The second-order valence-corrected chi connectivity index (χ2v) is 9.25. The molecule has 1 aliphatic heterocycles. The van der Waals surface area contributed by atoms with Crippen LogP contribution >= 0.6 is 0 Å². The molecule has 39 heavy (non-hydrogen) atoms. The Labute approximate surface area is 225 Å². The lowest BCUT2D eigenvalue weighted by Crippen LogP contribution is -2.57. The van der Waals surface area contributed by atoms with Gasteiger partial charge < -0.3 is 48.7 Å². The van der Waals surface area contributed by atoms with Crippen molar-refractivity contribution in [3.05, 3.63) is 29.8 Å². The molecular formula is C24H36N8O7. The van der Waals surface area contributed by atoms with Gasteiger partial charge in [-0.05, 0) is 43.4 Å². The summed E-state index contributed by atoms with van der Waals surface area (Å²) in [4.78, 5) is 67.2. The van der Waals surface area contributed by atoms with Crippen LogP contribution in [0.15, 0.2) is 29.3 Å². The highest BCUT2D eigenvalue weighted by molar-refractivity contribution is 5.95. The predicted octanol–water partition coefficient (Wildman–Crippen LogP) is -2.76. The fraction of sp³-hybridized carbons (Fsp3) is 0.500. The van der Waals surface area contributed by atoms with Gasteiger partial charge >= 0.3 is 5.97 Å². The van der Waals surface area contributed by atoms with E-state index in [4.69, 9.17) is 22.9 Å². The number of primary amides is 1. The van der Waals surface area contributed by atoms with Gasteiger partial charge in [-0.3, -0.25) is 24.2 Å². The lowest BCUT2D eigenvalue weighted by atomic mass is 10.0. The summed E-state index contributed by atoms with van der Waals surface area (Å²) >= 11 is 0. The highest BCUT2D eigenvalue weighted by Gasteiger charge is 2.39. The van der Waals surface area contributed by atoms with E-state index in [9.17, 15) is 34.2 Å². The van der Waals surface area contributed by atoms with Crippen LogP contribution in [0.25, 0.3) is 0 Å². The molecule has 1 fully saturated rings. The van der Waals surface area contributed by atoms with Crippen molar-refractivity contribution < 1.29 is 34.2 Å². The molecular weight excluding hydrogens is 512 g/mol. The number of phenolic OH excluding ortho intramolecular Hbond substituents is 1. The molecule has 0 saturated carbocycles. The molecule has 1 heterocycles. The van der Waals surface area contributed by atoms with Crippen molar-refractivity contribution >= 4 is 35.6 Å². The Balaban J connectivity index is 2.19. The molecule has 2 rings (SSSR count). The Kier molecular flexibility index (Phi) is 11.5. The van der Waals surface area contributed by atoms with Gasteiger partial charge in [-0.15, -0.1) is 0 Å². The van der Waals surface area contributed by atoms with Crippen LogP contribution in [-0.2, 0) is 30.4 Å². The van der Waals surface area contributed by atoms with Crippen molar-refractivity contribution in [3.8, 4) is 5.75 Å². The third-order valence-electron chi connectivity index (χ3n) is 6.15. The Hall–Kier alpha value is -4.40. The summed E-state index contributed by atoms with van der Waals surface area (Å²) in [6, 6.07) is 1.42. The molecule has 1 aromatic carbocycles. The topological polar surface area (TPSA) is 270 Å². The molecule has 0 radical (unpaired) electrons. The molecule has 1 aromatic rings. The van der Waals surface area contributed by atoms with Gasteiger partial charge in [-0.1, -0.05) is 12.1 Å². The summed E-state index contributed by atoms with van der Waals surface area (Å²) in [7, 11) is 0. The summed E-state index contributed by atoms with van der Waals surface area (Å²) in [5.41, 5.74) is 22.3. The molecule has 0 bridgehead atoms. The lowest BCUT2D eigenvalue weighted by molar-refractivity contribution is -0.145. The van der Waals surface area contributed by atoms with Crippen LogP contribution in [0, 0.1) is 0 Å². The molecule has 15 nitrogen and oxygen atoms in total. The minimum atomic E-state index is -1.54. The highest BCUT2D eigenvalue weighted by atomic mass is 16.4. The summed E-state index contributed by atoms with van der Waals surface area (Å²) < 4.78 is 0. The summed E-state index contributed by atoms with van der Waals surface area (Å²) in [5, 5.41) is 23.8. The van der Waals surface area contributed by atoms with Crippen LogP contribution in [0.1, 0.15) is 37.7 Å². The third kappa shape index (κ3) is 9.77. The largest absolute Gasteiger partial charge is 0.508 e. The van der Waals surface area contributed by atoms with Gasteiger partial charge in [0.1, 0.15) is 23.9 Å². The number of nitrogens with two attached hydrogens (primary N) is 4. The third-order valence-corrected chi connectivity index (χ3v) is 6.15. The monoisotopic (exact) mass is 548 g/mol. The smallest absolute Gasteiger partial charge is 0.326 e. The molecule has 0 aromatic heterocycles. The number of aliphatic imine (C=N–C) groups is 1. The standard InChI is InChI=1S/C24H36N8O7/c25-15(3-1-9-29-24(27)28)20(35)30-16(11-13-5-7-14(33)8-6-13)22(37)32-10-2-4-18(32)21(36)31-17(23(38)39)12-19(26)34/h5-8,15-18,33H,1-4,9-12,25H2,(H2,26,34)(H,30,35)(H,31,36)(H,38,39)(H4,27,28,29). The van der Waals surface area contributed by atoms with E-state index in [1.807, 2.05) is 0 Å². The number of likely N-dealkylation sites (tertiary alicyclic amines) is 1. The lowest BCUT2D eigenvalue weighted by Gasteiger charge is -2.30. The number of hydrogen-bond acceptors (Lipinski definition) is 8. The quantitative estimate of drug-likeness (QED) is 0.0673. The van der Waals surface area contributed by atoms with Crippen LogP contribution in [-0.4, -0.2) is 87.9 Å². The molecule has 4 atom stereocenters. The number of aromatic hydroxyl groups is 1. The maximum Gasteiger partial charge on any atom is 0.326 e. The van der Waals surface area contributed by atoms with Crippen LogP contribution in [0.4, 0.5) is 0 Å². The SMILES string of the molecule is NC(=O)CC(NC(=O)C1CCCN1C(=O)C(Cc1ccc(O)cc1)NC(=O)C(N)CCCN=C(N)N)C(=O)O. The Bertz CT molecular complexity index is 1070. The number of carboxylic acids is 1. The van der Waals surface area contributed by atoms with E-state index < -0.39 is 60.2 Å². The second kappa shape index (κ2) is 14.5. The van der Waals surface area contributed by atoms with E-state index in [1.54, 1.807) is 12.1 Å². The number of nitrogens with one attached hydrogen (secondary N) is 2. The molecule has 4 amide bonds. The number of hydrogen-bond donors (Lipinski definition) is 8. The predicted molar refractivity (Wildman–Crippen MR) is 140 cm³/mol. The average molecular weight is 549 g/mol. The molecule has 1 aliphatic rings. The van der Waals surface area contributed by atoms with Gasteiger partial charge in [0, 0.05) is 19.5 Å². The maximum atomic E-state index is 13.6. The van der Waals surface area contributed by atoms with E-state index >= 15 is 0 Å². The van der Waals surface area contributed by atoms with Gasteiger partial charge in [-0.2, -0.15) is 0 Å². The zero-order valence-corrected chi connectivity index (χ0v) is 21.4. The van der Waals surface area contributed by atoms with Crippen molar-refractivity contribution in [3.63, 3.8) is 0 Å². The van der Waals surface area contributed by atoms with Crippen LogP contribution in [0.3, 0.4) is 0 Å². The Morgan fingerprint density at radius 2 is 1.72 bits per heavy atom. The first-order valence-corrected chi connectivity index (χ1v) is 12.4. The number of rotatable bonds is 14. The van der Waals surface area contributed by atoms with Crippen molar-refractivity contribution in [2.75, 3.05) is 13.1 Å². The second-order valence-electron chi connectivity index (χ2n) is 9.25. The van der Waals surface area contributed by atoms with Gasteiger partial charge in [-0.25, -0.2) is 4.79 Å². The van der Waals surface area contributed by atoms with Gasteiger partial charge in [0.05, 0.1) is 12.5 Å². The summed E-state index contributed by atoms with van der Waals surface area (Å²) in [6.45, 7) is 0.466. The first kappa shape index (κ1) is 30.8. The number of amides is 4. The Morgan fingerprint density at radius 3 is 2.31 bits per heavy atom. The zero-order valence-electron chi connectivity index (χ0n) is 21.4. The van der Waals surface area contributed by atoms with Crippen LogP contribution in [0.5, 0.6) is 5.75 Å². The average Bonchev–Trinajstić information content (AvgIpc) is 3.36. The summed E-state index contributed by atoms with van der Waals surface area (Å²) in [6.07, 6.45) is 0.811. The molecule has 0 aliphatic carbocycles. The number of aliphatic carboxylic acids is 1. The fourth-order valence-electron chi connectivity index (χ4n) is 4.17. The normalized spacial score (nSPS) is 16.9. The van der Waals surface area contributed by atoms with Crippen molar-refractivity contribution in [1.82, 2.24) is 15.5 Å². The minimum Gasteiger partial charge on any atom is -0.508 e. The minimum absolute atomic E-state index is 0.0219. The molecule has 4 unspecified atom stereocenters. The van der Waals surface area contributed by atoms with E-state index in [-0.39, 0.29) is 44.1 Å². The Morgan fingerprint density at radius 1 is 1.05 bits per heavy atom. The molecule has 15 heteroatoms. The first-order chi connectivity index (χ1) is 18.4. The number of carbonyl (C=O) groups excluding carboxylic acids is 4. The van der Waals surface area contributed by atoms with Gasteiger partial charge in [0.2, 0.25) is 23.6 Å². The van der Waals surface area contributed by atoms with Crippen molar-refractivity contribution in [1.29, 1.82) is 0 Å².